The second-order valence-electron chi connectivity index (χ2n) is 5.32. The summed E-state index contributed by atoms with van der Waals surface area (Å²) >= 11 is 0. The normalized spacial score (nSPS) is 17.5. The van der Waals surface area contributed by atoms with Gasteiger partial charge >= 0.3 is 0 Å². The van der Waals surface area contributed by atoms with Gasteiger partial charge in [-0.2, -0.15) is 0 Å². The SMILES string of the molecule is CN(C)C1CCN(c2ccc(N)c3nonc23)CC1. The van der Waals surface area contributed by atoms with Crippen molar-refractivity contribution in [3.63, 3.8) is 0 Å². The molecule has 0 spiro atoms. The number of hydrogen-bond donors (Lipinski definition) is 1. The number of piperidine rings is 1. The second kappa shape index (κ2) is 4.70. The predicted molar refractivity (Wildman–Crippen MR) is 75.1 cm³/mol. The number of rotatable bonds is 2. The Morgan fingerprint density at radius 3 is 2.58 bits per heavy atom. The highest BCUT2D eigenvalue weighted by molar-refractivity contribution is 5.95. The highest BCUT2D eigenvalue weighted by Gasteiger charge is 2.23. The quantitative estimate of drug-likeness (QED) is 0.822. The molecule has 1 fully saturated rings. The minimum Gasteiger partial charge on any atom is -0.397 e. The molecule has 0 radical (unpaired) electrons. The summed E-state index contributed by atoms with van der Waals surface area (Å²) in [5.41, 5.74) is 8.99. The van der Waals surface area contributed by atoms with Crippen LogP contribution in [0.3, 0.4) is 0 Å². The van der Waals surface area contributed by atoms with Crippen LogP contribution in [0.25, 0.3) is 11.0 Å². The number of nitrogens with zero attached hydrogens (tertiary/aromatic N) is 4. The van der Waals surface area contributed by atoms with Gasteiger partial charge in [0.2, 0.25) is 0 Å². The van der Waals surface area contributed by atoms with Gasteiger partial charge in [0, 0.05) is 19.1 Å². The van der Waals surface area contributed by atoms with Crippen LogP contribution in [0.15, 0.2) is 16.8 Å². The van der Waals surface area contributed by atoms with Crippen molar-refractivity contribution in [3.05, 3.63) is 12.1 Å². The van der Waals surface area contributed by atoms with Crippen molar-refractivity contribution >= 4 is 22.4 Å². The number of aromatic nitrogens is 2. The lowest BCUT2D eigenvalue weighted by molar-refractivity contribution is 0.249. The van der Waals surface area contributed by atoms with E-state index in [1.165, 1.54) is 0 Å². The summed E-state index contributed by atoms with van der Waals surface area (Å²) in [5, 5.41) is 7.86. The molecule has 0 bridgehead atoms. The molecule has 0 aliphatic carbocycles. The maximum absolute atomic E-state index is 5.87. The van der Waals surface area contributed by atoms with Crippen LogP contribution in [-0.4, -0.2) is 48.4 Å². The molecular weight excluding hydrogens is 242 g/mol. The first-order valence-electron chi connectivity index (χ1n) is 6.59. The smallest absolute Gasteiger partial charge is 0.160 e. The Labute approximate surface area is 112 Å². The van der Waals surface area contributed by atoms with Gasteiger partial charge < -0.3 is 15.5 Å². The molecule has 1 saturated heterocycles. The third-order valence-electron chi connectivity index (χ3n) is 3.96. The van der Waals surface area contributed by atoms with E-state index >= 15 is 0 Å². The number of nitrogens with two attached hydrogens (primary N) is 1. The minimum absolute atomic E-state index is 0.614. The molecule has 6 nitrogen and oxygen atoms in total. The van der Waals surface area contributed by atoms with E-state index in [1.807, 2.05) is 12.1 Å². The summed E-state index contributed by atoms with van der Waals surface area (Å²) < 4.78 is 4.82. The van der Waals surface area contributed by atoms with E-state index in [1.54, 1.807) is 0 Å². The summed E-state index contributed by atoms with van der Waals surface area (Å²) in [6.07, 6.45) is 2.31. The summed E-state index contributed by atoms with van der Waals surface area (Å²) in [4.78, 5) is 4.64. The van der Waals surface area contributed by atoms with Gasteiger partial charge in [-0.15, -0.1) is 0 Å². The lowest BCUT2D eigenvalue weighted by Crippen LogP contribution is -2.42. The van der Waals surface area contributed by atoms with E-state index in [0.29, 0.717) is 17.2 Å². The van der Waals surface area contributed by atoms with Crippen LogP contribution >= 0.6 is 0 Å². The standard InChI is InChI=1S/C13H19N5O/c1-17(2)9-5-7-18(8-6-9)11-4-3-10(14)12-13(11)16-19-15-12/h3-4,9H,5-8,14H2,1-2H3. The van der Waals surface area contributed by atoms with Crippen molar-refractivity contribution < 1.29 is 4.63 Å². The zero-order valence-corrected chi connectivity index (χ0v) is 11.3. The highest BCUT2D eigenvalue weighted by Crippen LogP contribution is 2.30. The average Bonchev–Trinajstić information content (AvgIpc) is 2.89. The largest absolute Gasteiger partial charge is 0.397 e. The zero-order chi connectivity index (χ0) is 13.4. The summed E-state index contributed by atoms with van der Waals surface area (Å²) in [6.45, 7) is 2.05. The Morgan fingerprint density at radius 2 is 1.89 bits per heavy atom. The number of hydrogen-bond acceptors (Lipinski definition) is 6. The molecule has 2 aromatic rings. The van der Waals surface area contributed by atoms with Gasteiger partial charge in [-0.05, 0) is 49.4 Å². The fraction of sp³-hybridized carbons (Fsp3) is 0.538. The monoisotopic (exact) mass is 261 g/mol. The van der Waals surface area contributed by atoms with Crippen molar-refractivity contribution in [1.82, 2.24) is 15.2 Å². The molecule has 2 N–H and O–H groups in total. The van der Waals surface area contributed by atoms with E-state index in [-0.39, 0.29) is 0 Å². The van der Waals surface area contributed by atoms with E-state index in [9.17, 15) is 0 Å². The first kappa shape index (κ1) is 12.2. The van der Waals surface area contributed by atoms with Crippen LogP contribution < -0.4 is 10.6 Å². The molecule has 1 aliphatic heterocycles. The van der Waals surface area contributed by atoms with Gasteiger partial charge in [0.05, 0.1) is 11.4 Å². The van der Waals surface area contributed by atoms with Crippen LogP contribution in [-0.2, 0) is 0 Å². The fourth-order valence-electron chi connectivity index (χ4n) is 2.75. The van der Waals surface area contributed by atoms with Gasteiger partial charge in [0.15, 0.2) is 11.0 Å². The molecule has 0 saturated carbocycles. The molecule has 0 amide bonds. The molecule has 19 heavy (non-hydrogen) atoms. The van der Waals surface area contributed by atoms with E-state index < -0.39 is 0 Å². The maximum atomic E-state index is 5.87. The van der Waals surface area contributed by atoms with Gasteiger partial charge in [-0.1, -0.05) is 0 Å². The van der Waals surface area contributed by atoms with Crippen molar-refractivity contribution in [1.29, 1.82) is 0 Å². The molecule has 0 atom stereocenters. The Kier molecular flexibility index (Phi) is 3.02. The highest BCUT2D eigenvalue weighted by atomic mass is 16.6. The van der Waals surface area contributed by atoms with Crippen LogP contribution in [0.1, 0.15) is 12.8 Å². The molecule has 1 aromatic heterocycles. The van der Waals surface area contributed by atoms with Crippen LogP contribution in [0, 0.1) is 0 Å². The molecule has 1 aliphatic rings. The summed E-state index contributed by atoms with van der Waals surface area (Å²) in [7, 11) is 4.28. The average molecular weight is 261 g/mol. The molecule has 1 aromatic carbocycles. The first-order valence-corrected chi connectivity index (χ1v) is 6.59. The molecule has 102 valence electrons. The molecule has 3 rings (SSSR count). The lowest BCUT2D eigenvalue weighted by Gasteiger charge is -2.36. The molecule has 0 unspecified atom stereocenters. The predicted octanol–water partition coefficient (Wildman–Crippen LogP) is 1.34. The van der Waals surface area contributed by atoms with Crippen LogP contribution in [0.5, 0.6) is 0 Å². The number of anilines is 2. The van der Waals surface area contributed by atoms with Gasteiger partial charge in [-0.25, -0.2) is 4.63 Å². The third-order valence-corrected chi connectivity index (χ3v) is 3.96. The topological polar surface area (TPSA) is 71.4 Å². The van der Waals surface area contributed by atoms with Gasteiger partial charge in [0.1, 0.15) is 0 Å². The van der Waals surface area contributed by atoms with Crippen molar-refractivity contribution in [3.8, 4) is 0 Å². The molecule has 6 heteroatoms. The number of nitrogen functional groups attached to an aromatic ring is 1. The van der Waals surface area contributed by atoms with Gasteiger partial charge in [0.25, 0.3) is 0 Å². The van der Waals surface area contributed by atoms with E-state index in [4.69, 9.17) is 10.4 Å². The van der Waals surface area contributed by atoms with Crippen LogP contribution in [0.2, 0.25) is 0 Å². The Morgan fingerprint density at radius 1 is 1.21 bits per heavy atom. The molecular formula is C13H19N5O. The van der Waals surface area contributed by atoms with E-state index in [0.717, 1.165) is 37.1 Å². The zero-order valence-electron chi connectivity index (χ0n) is 11.3. The number of fused-ring (bicyclic) bond motifs is 1. The van der Waals surface area contributed by atoms with Gasteiger partial charge in [-0.3, -0.25) is 0 Å². The maximum Gasteiger partial charge on any atom is 0.160 e. The second-order valence-corrected chi connectivity index (χ2v) is 5.32. The summed E-state index contributed by atoms with van der Waals surface area (Å²) in [5.74, 6) is 0. The Hall–Kier alpha value is -1.82. The Bertz CT molecular complexity index is 571. The van der Waals surface area contributed by atoms with Crippen LogP contribution in [0.4, 0.5) is 11.4 Å². The molecule has 2 heterocycles. The fourth-order valence-corrected chi connectivity index (χ4v) is 2.75. The lowest BCUT2D eigenvalue weighted by atomic mass is 10.0. The number of benzene rings is 1. The Balaban J connectivity index is 1.86. The van der Waals surface area contributed by atoms with Crippen molar-refractivity contribution in [2.24, 2.45) is 0 Å². The summed E-state index contributed by atoms with van der Waals surface area (Å²) in [6, 6.07) is 4.55. The minimum atomic E-state index is 0.614. The third kappa shape index (κ3) is 2.12. The van der Waals surface area contributed by atoms with E-state index in [2.05, 4.69) is 34.2 Å². The van der Waals surface area contributed by atoms with Crippen molar-refractivity contribution in [2.45, 2.75) is 18.9 Å². The van der Waals surface area contributed by atoms with Crippen molar-refractivity contribution in [2.75, 3.05) is 37.8 Å². The first-order chi connectivity index (χ1) is 9.16.